The van der Waals surface area contributed by atoms with E-state index in [9.17, 15) is 0 Å². The third-order valence-corrected chi connectivity index (χ3v) is 2.94. The lowest BCUT2D eigenvalue weighted by molar-refractivity contribution is 0.181. The highest BCUT2D eigenvalue weighted by atomic mass is 16.5. The highest BCUT2D eigenvalue weighted by Crippen LogP contribution is 2.16. The van der Waals surface area contributed by atoms with E-state index in [-0.39, 0.29) is 6.10 Å². The van der Waals surface area contributed by atoms with Gasteiger partial charge >= 0.3 is 0 Å². The average Bonchev–Trinajstić information content (AvgIpc) is 2.30. The van der Waals surface area contributed by atoms with Crippen molar-refractivity contribution in [3.8, 4) is 5.75 Å². The zero-order valence-electron chi connectivity index (χ0n) is 11.1. The zero-order valence-corrected chi connectivity index (χ0v) is 11.1. The molecule has 0 aliphatic heterocycles. The lowest BCUT2D eigenvalue weighted by Crippen LogP contribution is -2.27. The summed E-state index contributed by atoms with van der Waals surface area (Å²) in [6.45, 7) is 9.76. The first-order chi connectivity index (χ1) is 8.15. The minimum atomic E-state index is 0.220. The van der Waals surface area contributed by atoms with Gasteiger partial charge in [0.2, 0.25) is 0 Å². The molecule has 0 aliphatic rings. The first-order valence-electron chi connectivity index (χ1n) is 6.40. The maximum Gasteiger partial charge on any atom is 0.121 e. The molecule has 0 fully saturated rings. The van der Waals surface area contributed by atoms with Crippen LogP contribution in [0.4, 0.5) is 5.69 Å². The zero-order chi connectivity index (χ0) is 12.7. The molecule has 1 unspecified atom stereocenters. The molecule has 0 aliphatic carbocycles. The molecule has 0 amide bonds. The van der Waals surface area contributed by atoms with Crippen molar-refractivity contribution in [1.82, 2.24) is 4.90 Å². The highest BCUT2D eigenvalue weighted by molar-refractivity contribution is 5.43. The van der Waals surface area contributed by atoms with Crippen molar-refractivity contribution in [2.24, 2.45) is 0 Å². The van der Waals surface area contributed by atoms with E-state index in [0.717, 1.165) is 37.5 Å². The molecule has 3 heteroatoms. The Hall–Kier alpha value is -1.22. The number of anilines is 1. The fraction of sp³-hybridized carbons (Fsp3) is 0.571. The summed E-state index contributed by atoms with van der Waals surface area (Å²) in [5, 5.41) is 0. The van der Waals surface area contributed by atoms with E-state index >= 15 is 0 Å². The Morgan fingerprint density at radius 2 is 2.00 bits per heavy atom. The van der Waals surface area contributed by atoms with Crippen LogP contribution < -0.4 is 10.5 Å². The quantitative estimate of drug-likeness (QED) is 0.740. The molecule has 1 atom stereocenters. The number of hydrogen-bond acceptors (Lipinski definition) is 3. The smallest absolute Gasteiger partial charge is 0.121 e. The third kappa shape index (κ3) is 5.09. The largest absolute Gasteiger partial charge is 0.491 e. The molecule has 3 nitrogen and oxygen atoms in total. The van der Waals surface area contributed by atoms with E-state index in [1.54, 1.807) is 0 Å². The first kappa shape index (κ1) is 13.8. The van der Waals surface area contributed by atoms with Gasteiger partial charge in [0, 0.05) is 18.3 Å². The van der Waals surface area contributed by atoms with Gasteiger partial charge in [-0.3, -0.25) is 0 Å². The molecule has 0 spiro atoms. The third-order valence-electron chi connectivity index (χ3n) is 2.94. The van der Waals surface area contributed by atoms with Crippen LogP contribution in [0, 0.1) is 0 Å². The molecule has 96 valence electrons. The average molecular weight is 236 g/mol. The number of nitrogen functional groups attached to an aromatic ring is 1. The molecule has 0 aromatic heterocycles. The van der Waals surface area contributed by atoms with Gasteiger partial charge in [-0.25, -0.2) is 0 Å². The minimum absolute atomic E-state index is 0.220. The maximum atomic E-state index is 5.83. The Kier molecular flexibility index (Phi) is 5.84. The maximum absolute atomic E-state index is 5.83. The van der Waals surface area contributed by atoms with Crippen LogP contribution in [0.5, 0.6) is 5.75 Å². The normalized spacial score (nSPS) is 12.7. The van der Waals surface area contributed by atoms with Crippen molar-refractivity contribution in [2.45, 2.75) is 33.3 Å². The number of nitrogens with zero attached hydrogens (tertiary/aromatic N) is 1. The van der Waals surface area contributed by atoms with Gasteiger partial charge < -0.3 is 15.4 Å². The molecule has 1 rings (SSSR count). The van der Waals surface area contributed by atoms with Gasteiger partial charge in [-0.05, 0) is 38.6 Å². The van der Waals surface area contributed by atoms with E-state index in [0.29, 0.717) is 0 Å². The molecule has 1 aromatic carbocycles. The summed E-state index contributed by atoms with van der Waals surface area (Å²) in [5.41, 5.74) is 6.46. The fourth-order valence-electron chi connectivity index (χ4n) is 1.78. The standard InChI is InChI=1S/C14H24N2O/c1-4-16(5-2)10-9-12(3)17-14-8-6-7-13(15)11-14/h6-8,11-12H,4-5,9-10,15H2,1-3H3. The predicted molar refractivity (Wildman–Crippen MR) is 73.3 cm³/mol. The Morgan fingerprint density at radius 3 is 2.59 bits per heavy atom. The number of rotatable bonds is 7. The fourth-order valence-corrected chi connectivity index (χ4v) is 1.78. The highest BCUT2D eigenvalue weighted by Gasteiger charge is 2.06. The Labute approximate surface area is 105 Å². The van der Waals surface area contributed by atoms with Gasteiger partial charge in [-0.2, -0.15) is 0 Å². The van der Waals surface area contributed by atoms with Gasteiger partial charge in [0.25, 0.3) is 0 Å². The molecule has 0 saturated heterocycles. The summed E-state index contributed by atoms with van der Waals surface area (Å²) < 4.78 is 5.83. The summed E-state index contributed by atoms with van der Waals surface area (Å²) in [6, 6.07) is 7.60. The molecule has 17 heavy (non-hydrogen) atoms. The van der Waals surface area contributed by atoms with Crippen LogP contribution in [0.1, 0.15) is 27.2 Å². The van der Waals surface area contributed by atoms with Crippen molar-refractivity contribution < 1.29 is 4.74 Å². The predicted octanol–water partition coefficient (Wildman–Crippen LogP) is 2.77. The number of nitrogens with two attached hydrogens (primary N) is 1. The second-order valence-corrected chi connectivity index (χ2v) is 4.32. The van der Waals surface area contributed by atoms with Crippen LogP contribution in [0.15, 0.2) is 24.3 Å². The Balaban J connectivity index is 2.36. The van der Waals surface area contributed by atoms with Crippen LogP contribution in [0.3, 0.4) is 0 Å². The van der Waals surface area contributed by atoms with Crippen molar-refractivity contribution in [2.75, 3.05) is 25.4 Å². The summed E-state index contributed by atoms with van der Waals surface area (Å²) >= 11 is 0. The van der Waals surface area contributed by atoms with Gasteiger partial charge in [-0.15, -0.1) is 0 Å². The van der Waals surface area contributed by atoms with Gasteiger partial charge in [-0.1, -0.05) is 19.9 Å². The topological polar surface area (TPSA) is 38.5 Å². The number of benzene rings is 1. The number of hydrogen-bond donors (Lipinski definition) is 1. The van der Waals surface area contributed by atoms with Gasteiger partial charge in [0.1, 0.15) is 5.75 Å². The second kappa shape index (κ2) is 7.17. The van der Waals surface area contributed by atoms with Gasteiger partial charge in [0.15, 0.2) is 0 Å². The molecule has 1 aromatic rings. The molecule has 0 heterocycles. The molecular weight excluding hydrogens is 212 g/mol. The minimum Gasteiger partial charge on any atom is -0.491 e. The number of ether oxygens (including phenoxy) is 1. The van der Waals surface area contributed by atoms with E-state index in [4.69, 9.17) is 10.5 Å². The van der Waals surface area contributed by atoms with Crippen molar-refractivity contribution >= 4 is 5.69 Å². The van der Waals surface area contributed by atoms with E-state index in [1.807, 2.05) is 24.3 Å². The SMILES string of the molecule is CCN(CC)CCC(C)Oc1cccc(N)c1. The summed E-state index contributed by atoms with van der Waals surface area (Å²) in [6.07, 6.45) is 1.26. The van der Waals surface area contributed by atoms with Crippen LogP contribution in [0.2, 0.25) is 0 Å². The van der Waals surface area contributed by atoms with E-state index in [2.05, 4.69) is 25.7 Å². The monoisotopic (exact) mass is 236 g/mol. The van der Waals surface area contributed by atoms with Crippen LogP contribution >= 0.6 is 0 Å². The molecule has 0 radical (unpaired) electrons. The first-order valence-corrected chi connectivity index (χ1v) is 6.40. The summed E-state index contributed by atoms with van der Waals surface area (Å²) in [5.74, 6) is 0.858. The van der Waals surface area contributed by atoms with E-state index in [1.165, 1.54) is 0 Å². The van der Waals surface area contributed by atoms with Crippen molar-refractivity contribution in [3.05, 3.63) is 24.3 Å². The Morgan fingerprint density at radius 1 is 1.29 bits per heavy atom. The molecule has 0 saturated carbocycles. The summed E-state index contributed by atoms with van der Waals surface area (Å²) in [4.78, 5) is 2.40. The van der Waals surface area contributed by atoms with Gasteiger partial charge in [0.05, 0.1) is 6.10 Å². The molecule has 2 N–H and O–H groups in total. The second-order valence-electron chi connectivity index (χ2n) is 4.32. The Bertz CT molecular complexity index is 324. The lowest BCUT2D eigenvalue weighted by atomic mass is 10.2. The van der Waals surface area contributed by atoms with Crippen LogP contribution in [-0.2, 0) is 0 Å². The summed E-state index contributed by atoms with van der Waals surface area (Å²) in [7, 11) is 0. The van der Waals surface area contributed by atoms with E-state index < -0.39 is 0 Å². The lowest BCUT2D eigenvalue weighted by Gasteiger charge is -2.21. The van der Waals surface area contributed by atoms with Crippen LogP contribution in [-0.4, -0.2) is 30.6 Å². The van der Waals surface area contributed by atoms with Crippen LogP contribution in [0.25, 0.3) is 0 Å². The molecule has 0 bridgehead atoms. The van der Waals surface area contributed by atoms with Crippen molar-refractivity contribution in [3.63, 3.8) is 0 Å². The molecular formula is C14H24N2O. The van der Waals surface area contributed by atoms with Crippen molar-refractivity contribution in [1.29, 1.82) is 0 Å².